The summed E-state index contributed by atoms with van der Waals surface area (Å²) in [6.07, 6.45) is 0.688. The van der Waals surface area contributed by atoms with Gasteiger partial charge in [-0.05, 0) is 19.1 Å². The van der Waals surface area contributed by atoms with Crippen molar-refractivity contribution in [2.45, 2.75) is 11.8 Å². The molecule has 0 bridgehead atoms. The van der Waals surface area contributed by atoms with Crippen molar-refractivity contribution in [3.63, 3.8) is 0 Å². The monoisotopic (exact) mass is 500 g/mol. The first-order valence-electron chi connectivity index (χ1n) is 8.73. The summed E-state index contributed by atoms with van der Waals surface area (Å²) in [6.45, 7) is 1.84. The van der Waals surface area contributed by atoms with Crippen molar-refractivity contribution in [2.24, 2.45) is 10.8 Å². The molecule has 2 aromatic rings. The number of aryl methyl sites for hydroxylation is 1. The van der Waals surface area contributed by atoms with Crippen LogP contribution in [-0.2, 0) is 10.1 Å². The first-order valence-corrected chi connectivity index (χ1v) is 10.2. The Hall–Kier alpha value is -4.35. The maximum atomic E-state index is 11.2. The lowest BCUT2D eigenvalue weighted by Crippen LogP contribution is -2.29. The SMILES string of the molecule is COc1cc([N+](=O)[O-])c([N+](=O)[O-])c(C=NN(O)C(=N)N)c1OC.Cc1ccc(S(=O)(=O)O)cc1. The van der Waals surface area contributed by atoms with Gasteiger partial charge in [0, 0.05) is 0 Å². The maximum Gasteiger partial charge on any atom is 0.358 e. The Morgan fingerprint density at radius 3 is 2.12 bits per heavy atom. The van der Waals surface area contributed by atoms with Crippen LogP contribution in [0.15, 0.2) is 40.3 Å². The van der Waals surface area contributed by atoms with Gasteiger partial charge in [-0.1, -0.05) is 17.7 Å². The van der Waals surface area contributed by atoms with Crippen LogP contribution in [0.2, 0.25) is 0 Å². The number of nitrogens with zero attached hydrogens (tertiary/aromatic N) is 4. The number of hydrazone groups is 1. The second-order valence-corrected chi connectivity index (χ2v) is 7.54. The fourth-order valence-electron chi connectivity index (χ4n) is 2.33. The van der Waals surface area contributed by atoms with Crippen LogP contribution < -0.4 is 15.2 Å². The number of guanidine groups is 1. The average Bonchev–Trinajstić information content (AvgIpc) is 2.75. The van der Waals surface area contributed by atoms with Gasteiger partial charge in [0.1, 0.15) is 5.56 Å². The minimum Gasteiger partial charge on any atom is -0.493 e. The zero-order chi connectivity index (χ0) is 26.2. The minimum atomic E-state index is -4.02. The van der Waals surface area contributed by atoms with Gasteiger partial charge in [-0.25, -0.2) is 0 Å². The van der Waals surface area contributed by atoms with Crippen molar-refractivity contribution >= 4 is 33.7 Å². The molecule has 17 heteroatoms. The number of nitrogens with one attached hydrogen (secondary N) is 1. The van der Waals surface area contributed by atoms with Crippen LogP contribution in [0.4, 0.5) is 11.4 Å². The number of hydrogen-bond acceptors (Lipinski definition) is 11. The molecule has 0 spiro atoms. The van der Waals surface area contributed by atoms with Crippen LogP contribution in [0.1, 0.15) is 11.1 Å². The van der Waals surface area contributed by atoms with E-state index in [1.165, 1.54) is 19.2 Å². The third-order valence-corrected chi connectivity index (χ3v) is 4.74. The highest BCUT2D eigenvalue weighted by Gasteiger charge is 2.34. The number of hydrogen-bond donors (Lipinski definition) is 4. The first kappa shape index (κ1) is 27.7. The molecular formula is C17H20N6O10S. The van der Waals surface area contributed by atoms with Crippen LogP contribution in [-0.4, -0.2) is 59.6 Å². The number of methoxy groups -OCH3 is 2. The molecule has 0 heterocycles. The number of benzene rings is 2. The molecule has 0 saturated carbocycles. The Kier molecular flexibility index (Phi) is 9.36. The number of nitrogens with two attached hydrogens (primary N) is 1. The second kappa shape index (κ2) is 11.5. The van der Waals surface area contributed by atoms with Crippen molar-refractivity contribution in [3.8, 4) is 11.5 Å². The molecule has 0 saturated heterocycles. The van der Waals surface area contributed by atoms with Crippen molar-refractivity contribution in [3.05, 3.63) is 61.7 Å². The van der Waals surface area contributed by atoms with Crippen molar-refractivity contribution in [1.82, 2.24) is 5.17 Å². The summed E-state index contributed by atoms with van der Waals surface area (Å²) >= 11 is 0. The van der Waals surface area contributed by atoms with Crippen LogP contribution in [0.3, 0.4) is 0 Å². The van der Waals surface area contributed by atoms with E-state index in [2.05, 4.69) is 5.10 Å². The number of ether oxygens (including phenoxy) is 2. The molecule has 5 N–H and O–H groups in total. The highest BCUT2D eigenvalue weighted by molar-refractivity contribution is 7.85. The van der Waals surface area contributed by atoms with E-state index in [4.69, 9.17) is 25.2 Å². The van der Waals surface area contributed by atoms with E-state index in [0.717, 1.165) is 18.7 Å². The van der Waals surface area contributed by atoms with Gasteiger partial charge in [0.15, 0.2) is 11.5 Å². The van der Waals surface area contributed by atoms with Gasteiger partial charge in [-0.2, -0.15) is 13.5 Å². The van der Waals surface area contributed by atoms with Gasteiger partial charge >= 0.3 is 11.4 Å². The smallest absolute Gasteiger partial charge is 0.358 e. The first-order chi connectivity index (χ1) is 15.7. The molecule has 34 heavy (non-hydrogen) atoms. The summed E-state index contributed by atoms with van der Waals surface area (Å²) in [5.41, 5.74) is 3.68. The molecule has 0 amide bonds. The Balaban J connectivity index is 0.000000437. The minimum absolute atomic E-state index is 0.0666. The number of nitro benzene ring substituents is 2. The van der Waals surface area contributed by atoms with Crippen LogP contribution in [0, 0.1) is 32.6 Å². The Morgan fingerprint density at radius 1 is 1.18 bits per heavy atom. The lowest BCUT2D eigenvalue weighted by Gasteiger charge is -2.11. The van der Waals surface area contributed by atoms with Crippen molar-refractivity contribution in [1.29, 1.82) is 5.41 Å². The van der Waals surface area contributed by atoms with E-state index in [-0.39, 0.29) is 21.6 Å². The highest BCUT2D eigenvalue weighted by atomic mass is 32.2. The predicted molar refractivity (Wildman–Crippen MR) is 117 cm³/mol. The van der Waals surface area contributed by atoms with E-state index < -0.39 is 42.9 Å². The van der Waals surface area contributed by atoms with E-state index in [9.17, 15) is 33.9 Å². The molecule has 0 atom stereocenters. The van der Waals surface area contributed by atoms with Gasteiger partial charge in [-0.3, -0.25) is 35.4 Å². The zero-order valence-corrected chi connectivity index (χ0v) is 18.7. The number of hydroxylamine groups is 1. The third kappa shape index (κ3) is 7.08. The maximum absolute atomic E-state index is 11.2. The summed E-state index contributed by atoms with van der Waals surface area (Å²) in [6, 6.07) is 6.82. The quantitative estimate of drug-likeness (QED) is 0.139. The summed E-state index contributed by atoms with van der Waals surface area (Å²) in [4.78, 5) is 20.2. The Morgan fingerprint density at radius 2 is 1.74 bits per heavy atom. The largest absolute Gasteiger partial charge is 0.493 e. The molecule has 0 aliphatic heterocycles. The molecular weight excluding hydrogens is 480 g/mol. The van der Waals surface area contributed by atoms with Crippen LogP contribution >= 0.6 is 0 Å². The Labute approximate surface area is 192 Å². The summed E-state index contributed by atoms with van der Waals surface area (Å²) in [5.74, 6) is -1.25. The predicted octanol–water partition coefficient (Wildman–Crippen LogP) is 1.68. The molecule has 0 aliphatic rings. The van der Waals surface area contributed by atoms with Crippen LogP contribution in [0.25, 0.3) is 0 Å². The van der Waals surface area contributed by atoms with Crippen molar-refractivity contribution < 1.29 is 37.5 Å². The fraction of sp³-hybridized carbons (Fsp3) is 0.176. The third-order valence-electron chi connectivity index (χ3n) is 3.87. The van der Waals surface area contributed by atoms with Gasteiger partial charge in [0.2, 0.25) is 5.96 Å². The summed E-state index contributed by atoms with van der Waals surface area (Å²) in [7, 11) is -1.68. The fourth-order valence-corrected chi connectivity index (χ4v) is 2.81. The molecule has 0 aliphatic carbocycles. The van der Waals surface area contributed by atoms with E-state index in [0.29, 0.717) is 6.21 Å². The topological polar surface area (TPSA) is 245 Å². The van der Waals surface area contributed by atoms with Gasteiger partial charge in [0.25, 0.3) is 10.1 Å². The molecule has 2 aromatic carbocycles. The van der Waals surface area contributed by atoms with Gasteiger partial charge < -0.3 is 15.2 Å². The molecule has 2 rings (SSSR count). The molecule has 16 nitrogen and oxygen atoms in total. The molecule has 0 unspecified atom stereocenters. The van der Waals surface area contributed by atoms with E-state index in [1.54, 1.807) is 12.1 Å². The average molecular weight is 500 g/mol. The summed E-state index contributed by atoms with van der Waals surface area (Å²) < 4.78 is 39.4. The van der Waals surface area contributed by atoms with Crippen molar-refractivity contribution in [2.75, 3.05) is 14.2 Å². The number of nitro groups is 2. The molecule has 0 radical (unpaired) electrons. The Bertz CT molecular complexity index is 1210. The normalized spacial score (nSPS) is 10.7. The van der Waals surface area contributed by atoms with E-state index >= 15 is 0 Å². The second-order valence-electron chi connectivity index (χ2n) is 6.12. The molecule has 0 aromatic heterocycles. The standard InChI is InChI=1S/C10H12N6O7.C7H8O3S/c1-22-7-3-6(15(18)19)8(16(20)21)5(9(7)23-2)4-13-14(17)10(11)12;1-6-2-4-7(5-3-6)11(8,9)10/h3-4,17H,1-2H3,(H3,11,12);2-5H,1H3,(H,8,9,10). The zero-order valence-electron chi connectivity index (χ0n) is 17.9. The van der Waals surface area contributed by atoms with Gasteiger partial charge in [0.05, 0.1) is 41.2 Å². The summed E-state index contributed by atoms with van der Waals surface area (Å²) in [5, 5.41) is 41.5. The lowest BCUT2D eigenvalue weighted by molar-refractivity contribution is -0.422. The molecule has 184 valence electrons. The van der Waals surface area contributed by atoms with E-state index in [1.807, 2.05) is 6.92 Å². The van der Waals surface area contributed by atoms with Crippen LogP contribution in [0.5, 0.6) is 11.5 Å². The number of rotatable bonds is 7. The molecule has 0 fully saturated rings. The lowest BCUT2D eigenvalue weighted by atomic mass is 10.1. The highest BCUT2D eigenvalue weighted by Crippen LogP contribution is 2.42. The van der Waals surface area contributed by atoms with Gasteiger partial charge in [-0.15, -0.1) is 5.17 Å².